The van der Waals surface area contributed by atoms with Crippen molar-refractivity contribution in [3.05, 3.63) is 65.2 Å². The number of rotatable bonds is 6. The van der Waals surface area contributed by atoms with Gasteiger partial charge in [0, 0.05) is 25.4 Å². The molecule has 0 aromatic heterocycles. The van der Waals surface area contributed by atoms with Gasteiger partial charge in [0.2, 0.25) is 5.91 Å². The average molecular weight is 312 g/mol. The van der Waals surface area contributed by atoms with Crippen molar-refractivity contribution in [1.29, 1.82) is 0 Å². The lowest BCUT2D eigenvalue weighted by Crippen LogP contribution is -2.19. The van der Waals surface area contributed by atoms with Crippen LogP contribution in [0.25, 0.3) is 0 Å². The minimum Gasteiger partial charge on any atom is -0.380 e. The Morgan fingerprint density at radius 2 is 1.78 bits per heavy atom. The highest BCUT2D eigenvalue weighted by atomic mass is 16.5. The van der Waals surface area contributed by atoms with Crippen LogP contribution in [0.3, 0.4) is 0 Å². The van der Waals surface area contributed by atoms with E-state index in [0.29, 0.717) is 24.3 Å². The van der Waals surface area contributed by atoms with Crippen LogP contribution in [0.1, 0.15) is 21.5 Å². The van der Waals surface area contributed by atoms with E-state index in [1.54, 1.807) is 38.4 Å². The van der Waals surface area contributed by atoms with Gasteiger partial charge in [-0.3, -0.25) is 9.59 Å². The van der Waals surface area contributed by atoms with Gasteiger partial charge in [-0.05, 0) is 35.4 Å². The molecule has 0 saturated heterocycles. The summed E-state index contributed by atoms with van der Waals surface area (Å²) in [4.78, 5) is 23.6. The molecule has 0 fully saturated rings. The number of nitrogens with one attached hydrogen (secondary N) is 2. The molecule has 0 saturated carbocycles. The molecule has 0 aliphatic rings. The van der Waals surface area contributed by atoms with Crippen molar-refractivity contribution in [2.45, 2.75) is 13.0 Å². The SMILES string of the molecule is CNC(=O)Cc1ccc(NC(=O)c2cccc(COC)c2)cc1. The van der Waals surface area contributed by atoms with Crippen molar-refractivity contribution in [1.82, 2.24) is 5.32 Å². The summed E-state index contributed by atoms with van der Waals surface area (Å²) in [5.74, 6) is -0.223. The van der Waals surface area contributed by atoms with Crippen LogP contribution in [0, 0.1) is 0 Å². The van der Waals surface area contributed by atoms with Crippen molar-refractivity contribution in [3.63, 3.8) is 0 Å². The first kappa shape index (κ1) is 16.7. The molecule has 2 rings (SSSR count). The lowest BCUT2D eigenvalue weighted by molar-refractivity contribution is -0.119. The van der Waals surface area contributed by atoms with Crippen LogP contribution in [-0.2, 0) is 22.6 Å². The van der Waals surface area contributed by atoms with Crippen LogP contribution in [-0.4, -0.2) is 26.0 Å². The lowest BCUT2D eigenvalue weighted by Gasteiger charge is -2.08. The smallest absolute Gasteiger partial charge is 0.255 e. The first-order chi connectivity index (χ1) is 11.1. The third-order valence-corrected chi connectivity index (χ3v) is 3.36. The second-order valence-corrected chi connectivity index (χ2v) is 5.13. The number of hydrogen-bond donors (Lipinski definition) is 2. The lowest BCUT2D eigenvalue weighted by atomic mass is 10.1. The number of carbonyl (C=O) groups excluding carboxylic acids is 2. The van der Waals surface area contributed by atoms with Crippen molar-refractivity contribution in [3.8, 4) is 0 Å². The maximum atomic E-state index is 12.3. The van der Waals surface area contributed by atoms with Gasteiger partial charge in [-0.2, -0.15) is 0 Å². The summed E-state index contributed by atoms with van der Waals surface area (Å²) in [7, 11) is 3.22. The standard InChI is InChI=1S/C18H20N2O3/c1-19-17(21)11-13-6-8-16(9-7-13)20-18(22)15-5-3-4-14(10-15)12-23-2/h3-10H,11-12H2,1-2H3,(H,19,21)(H,20,22). The predicted molar refractivity (Wildman–Crippen MR) is 89.3 cm³/mol. The summed E-state index contributed by atoms with van der Waals surface area (Å²) < 4.78 is 5.07. The molecule has 0 radical (unpaired) electrons. The number of hydrogen-bond acceptors (Lipinski definition) is 3. The van der Waals surface area contributed by atoms with Gasteiger partial charge in [0.05, 0.1) is 13.0 Å². The highest BCUT2D eigenvalue weighted by Gasteiger charge is 2.07. The van der Waals surface area contributed by atoms with Crippen LogP contribution in [0.15, 0.2) is 48.5 Å². The zero-order chi connectivity index (χ0) is 16.7. The van der Waals surface area contributed by atoms with E-state index in [-0.39, 0.29) is 11.8 Å². The number of anilines is 1. The normalized spacial score (nSPS) is 10.2. The monoisotopic (exact) mass is 312 g/mol. The summed E-state index contributed by atoms with van der Waals surface area (Å²) in [5, 5.41) is 5.42. The van der Waals surface area contributed by atoms with Gasteiger partial charge in [-0.25, -0.2) is 0 Å². The van der Waals surface area contributed by atoms with E-state index < -0.39 is 0 Å². The van der Waals surface area contributed by atoms with Gasteiger partial charge in [0.15, 0.2) is 0 Å². The van der Waals surface area contributed by atoms with Crippen LogP contribution in [0.2, 0.25) is 0 Å². The highest BCUT2D eigenvalue weighted by Crippen LogP contribution is 2.13. The Bertz CT molecular complexity index is 681. The molecule has 0 bridgehead atoms. The number of amides is 2. The highest BCUT2D eigenvalue weighted by molar-refractivity contribution is 6.04. The summed E-state index contributed by atoms with van der Waals surface area (Å²) in [6, 6.07) is 14.5. The molecule has 2 N–H and O–H groups in total. The Morgan fingerprint density at radius 3 is 2.43 bits per heavy atom. The molecular formula is C18H20N2O3. The van der Waals surface area contributed by atoms with Crippen molar-refractivity contribution >= 4 is 17.5 Å². The van der Waals surface area contributed by atoms with Gasteiger partial charge < -0.3 is 15.4 Å². The fourth-order valence-electron chi connectivity index (χ4n) is 2.15. The van der Waals surface area contributed by atoms with Crippen molar-refractivity contribution < 1.29 is 14.3 Å². The molecule has 2 amide bonds. The van der Waals surface area contributed by atoms with Gasteiger partial charge in [-0.1, -0.05) is 24.3 Å². The molecular weight excluding hydrogens is 292 g/mol. The Balaban J connectivity index is 2.02. The number of likely N-dealkylation sites (N-methyl/N-ethyl adjacent to an activating group) is 1. The van der Waals surface area contributed by atoms with Crippen molar-refractivity contribution in [2.75, 3.05) is 19.5 Å². The minimum atomic E-state index is -0.179. The fourth-order valence-corrected chi connectivity index (χ4v) is 2.15. The molecule has 2 aromatic carbocycles. The average Bonchev–Trinajstić information content (AvgIpc) is 2.57. The molecule has 5 heteroatoms. The van der Waals surface area contributed by atoms with E-state index in [2.05, 4.69) is 10.6 Å². The van der Waals surface area contributed by atoms with E-state index >= 15 is 0 Å². The molecule has 0 spiro atoms. The van der Waals surface area contributed by atoms with Gasteiger partial charge in [0.1, 0.15) is 0 Å². The van der Waals surface area contributed by atoms with E-state index in [1.807, 2.05) is 24.3 Å². The summed E-state index contributed by atoms with van der Waals surface area (Å²) in [5.41, 5.74) is 3.10. The molecule has 0 aliphatic carbocycles. The summed E-state index contributed by atoms with van der Waals surface area (Å²) in [6.45, 7) is 0.468. The Kier molecular flexibility index (Phi) is 5.88. The Morgan fingerprint density at radius 1 is 1.04 bits per heavy atom. The number of ether oxygens (including phenoxy) is 1. The topological polar surface area (TPSA) is 67.4 Å². The molecule has 0 aliphatic heterocycles. The molecule has 0 heterocycles. The molecule has 23 heavy (non-hydrogen) atoms. The maximum absolute atomic E-state index is 12.3. The maximum Gasteiger partial charge on any atom is 0.255 e. The Labute approximate surface area is 135 Å². The summed E-state index contributed by atoms with van der Waals surface area (Å²) in [6.07, 6.45) is 0.323. The largest absolute Gasteiger partial charge is 0.380 e. The minimum absolute atomic E-state index is 0.0447. The summed E-state index contributed by atoms with van der Waals surface area (Å²) >= 11 is 0. The van der Waals surface area contributed by atoms with Crippen LogP contribution in [0.4, 0.5) is 5.69 Å². The number of methoxy groups -OCH3 is 1. The molecule has 5 nitrogen and oxygen atoms in total. The molecule has 120 valence electrons. The van der Waals surface area contributed by atoms with Gasteiger partial charge in [0.25, 0.3) is 5.91 Å². The first-order valence-corrected chi connectivity index (χ1v) is 7.31. The van der Waals surface area contributed by atoms with Crippen LogP contribution in [0.5, 0.6) is 0 Å². The van der Waals surface area contributed by atoms with E-state index in [4.69, 9.17) is 4.74 Å². The Hall–Kier alpha value is -2.66. The van der Waals surface area contributed by atoms with E-state index in [0.717, 1.165) is 11.1 Å². The fraction of sp³-hybridized carbons (Fsp3) is 0.222. The predicted octanol–water partition coefficient (Wildman–Crippen LogP) is 2.37. The third kappa shape index (κ3) is 4.93. The van der Waals surface area contributed by atoms with Gasteiger partial charge >= 0.3 is 0 Å². The molecule has 0 atom stereocenters. The first-order valence-electron chi connectivity index (χ1n) is 7.31. The van der Waals surface area contributed by atoms with Crippen LogP contribution >= 0.6 is 0 Å². The second-order valence-electron chi connectivity index (χ2n) is 5.13. The van der Waals surface area contributed by atoms with Crippen molar-refractivity contribution in [2.24, 2.45) is 0 Å². The molecule has 2 aromatic rings. The van der Waals surface area contributed by atoms with Gasteiger partial charge in [-0.15, -0.1) is 0 Å². The quantitative estimate of drug-likeness (QED) is 0.860. The van der Waals surface area contributed by atoms with Crippen LogP contribution < -0.4 is 10.6 Å². The zero-order valence-corrected chi connectivity index (χ0v) is 13.3. The third-order valence-electron chi connectivity index (χ3n) is 3.36. The zero-order valence-electron chi connectivity index (χ0n) is 13.3. The van der Waals surface area contributed by atoms with E-state index in [1.165, 1.54) is 0 Å². The van der Waals surface area contributed by atoms with E-state index in [9.17, 15) is 9.59 Å². The molecule has 0 unspecified atom stereocenters. The second kappa shape index (κ2) is 8.10. The number of benzene rings is 2. The number of carbonyl (C=O) groups is 2.